The average molecular weight is 272 g/mol. The summed E-state index contributed by atoms with van der Waals surface area (Å²) in [6.07, 6.45) is 0. The van der Waals surface area contributed by atoms with E-state index in [1.165, 1.54) is 4.68 Å². The Hall–Kier alpha value is -2.63. The number of para-hydroxylation sites is 1. The Morgan fingerprint density at radius 3 is 2.55 bits per heavy atom. The van der Waals surface area contributed by atoms with Crippen molar-refractivity contribution in [3.8, 4) is 0 Å². The van der Waals surface area contributed by atoms with E-state index in [0.29, 0.717) is 11.4 Å². The molecule has 0 atom stereocenters. The van der Waals surface area contributed by atoms with Gasteiger partial charge in [0.25, 0.3) is 5.91 Å². The zero-order valence-corrected chi connectivity index (χ0v) is 11.4. The van der Waals surface area contributed by atoms with Crippen LogP contribution in [0, 0.1) is 6.92 Å². The van der Waals surface area contributed by atoms with E-state index < -0.39 is 0 Å². The van der Waals surface area contributed by atoms with Crippen LogP contribution < -0.4 is 10.6 Å². The maximum absolute atomic E-state index is 11.9. The Balaban J connectivity index is 1.87. The number of anilines is 1. The van der Waals surface area contributed by atoms with Crippen molar-refractivity contribution >= 4 is 17.5 Å². The van der Waals surface area contributed by atoms with Gasteiger partial charge in [-0.05, 0) is 25.1 Å². The predicted octanol–water partition coefficient (Wildman–Crippen LogP) is 1.10. The third-order valence-electron chi connectivity index (χ3n) is 2.70. The van der Waals surface area contributed by atoms with Gasteiger partial charge >= 0.3 is 0 Å². The van der Waals surface area contributed by atoms with Crippen molar-refractivity contribution in [2.75, 3.05) is 11.9 Å². The van der Waals surface area contributed by atoms with E-state index in [1.807, 2.05) is 18.2 Å². The highest BCUT2D eigenvalue weighted by Gasteiger charge is 2.12. The number of nitrogens with zero attached hydrogens (tertiary/aromatic N) is 2. The number of aryl methyl sites for hydroxylation is 2. The molecule has 2 amide bonds. The number of aromatic nitrogens is 2. The van der Waals surface area contributed by atoms with Crippen LogP contribution in [0.1, 0.15) is 16.2 Å². The first-order valence-corrected chi connectivity index (χ1v) is 6.20. The standard InChI is InChI=1S/C14H16N4O2/c1-10-8-12(18(2)17-10)14(20)15-9-13(19)16-11-6-4-3-5-7-11/h3-8H,9H2,1-2H3,(H,15,20)(H,16,19). The molecule has 6 heteroatoms. The first kappa shape index (κ1) is 13.8. The van der Waals surface area contributed by atoms with Crippen LogP contribution in [-0.2, 0) is 11.8 Å². The summed E-state index contributed by atoms with van der Waals surface area (Å²) >= 11 is 0. The summed E-state index contributed by atoms with van der Waals surface area (Å²) in [5.41, 5.74) is 1.88. The van der Waals surface area contributed by atoms with Gasteiger partial charge < -0.3 is 10.6 Å². The molecule has 0 bridgehead atoms. The highest BCUT2D eigenvalue weighted by molar-refractivity contribution is 5.98. The normalized spacial score (nSPS) is 10.1. The molecule has 1 aromatic carbocycles. The van der Waals surface area contributed by atoms with Crippen molar-refractivity contribution in [2.24, 2.45) is 7.05 Å². The highest BCUT2D eigenvalue weighted by atomic mass is 16.2. The molecular weight excluding hydrogens is 256 g/mol. The van der Waals surface area contributed by atoms with Gasteiger partial charge in [0.1, 0.15) is 5.69 Å². The van der Waals surface area contributed by atoms with Gasteiger partial charge in [-0.15, -0.1) is 0 Å². The molecular formula is C14H16N4O2. The number of carbonyl (C=O) groups is 2. The minimum Gasteiger partial charge on any atom is -0.342 e. The fraction of sp³-hybridized carbons (Fsp3) is 0.214. The minimum atomic E-state index is -0.323. The Morgan fingerprint density at radius 1 is 1.25 bits per heavy atom. The van der Waals surface area contributed by atoms with E-state index in [9.17, 15) is 9.59 Å². The number of hydrogen-bond donors (Lipinski definition) is 2. The Bertz CT molecular complexity index is 619. The minimum absolute atomic E-state index is 0.0854. The second-order valence-electron chi connectivity index (χ2n) is 4.39. The molecule has 20 heavy (non-hydrogen) atoms. The molecule has 1 heterocycles. The average Bonchev–Trinajstić information content (AvgIpc) is 2.76. The third-order valence-corrected chi connectivity index (χ3v) is 2.70. The zero-order chi connectivity index (χ0) is 14.5. The molecule has 0 aliphatic heterocycles. The van der Waals surface area contributed by atoms with Gasteiger partial charge in [0, 0.05) is 12.7 Å². The van der Waals surface area contributed by atoms with Crippen molar-refractivity contribution in [3.05, 3.63) is 47.8 Å². The smallest absolute Gasteiger partial charge is 0.269 e. The zero-order valence-electron chi connectivity index (χ0n) is 11.4. The molecule has 0 aliphatic rings. The first-order valence-electron chi connectivity index (χ1n) is 6.20. The molecule has 104 valence electrons. The number of nitrogens with one attached hydrogen (secondary N) is 2. The summed E-state index contributed by atoms with van der Waals surface area (Å²) in [4.78, 5) is 23.6. The lowest BCUT2D eigenvalue weighted by atomic mass is 10.3. The molecule has 0 aliphatic carbocycles. The molecule has 2 aromatic rings. The fourth-order valence-electron chi connectivity index (χ4n) is 1.80. The van der Waals surface area contributed by atoms with Crippen molar-refractivity contribution in [3.63, 3.8) is 0 Å². The molecule has 2 N–H and O–H groups in total. The van der Waals surface area contributed by atoms with Crippen LogP contribution in [0.3, 0.4) is 0 Å². The molecule has 6 nitrogen and oxygen atoms in total. The molecule has 0 unspecified atom stereocenters. The van der Waals surface area contributed by atoms with E-state index in [-0.39, 0.29) is 18.4 Å². The monoisotopic (exact) mass is 272 g/mol. The largest absolute Gasteiger partial charge is 0.342 e. The fourth-order valence-corrected chi connectivity index (χ4v) is 1.80. The van der Waals surface area contributed by atoms with Crippen LogP contribution in [-0.4, -0.2) is 28.1 Å². The molecule has 0 saturated carbocycles. The first-order chi connectivity index (χ1) is 9.56. The van der Waals surface area contributed by atoms with Gasteiger partial charge in [0.15, 0.2) is 0 Å². The lowest BCUT2D eigenvalue weighted by molar-refractivity contribution is -0.115. The van der Waals surface area contributed by atoms with E-state index in [1.54, 1.807) is 32.2 Å². The van der Waals surface area contributed by atoms with Gasteiger partial charge in [0.2, 0.25) is 5.91 Å². The molecule has 2 rings (SSSR count). The van der Waals surface area contributed by atoms with Crippen LogP contribution in [0.25, 0.3) is 0 Å². The van der Waals surface area contributed by atoms with Gasteiger partial charge in [-0.1, -0.05) is 18.2 Å². The Labute approximate surface area is 116 Å². The van der Waals surface area contributed by atoms with Gasteiger partial charge in [-0.25, -0.2) is 0 Å². The van der Waals surface area contributed by atoms with E-state index >= 15 is 0 Å². The second-order valence-corrected chi connectivity index (χ2v) is 4.39. The second kappa shape index (κ2) is 6.01. The van der Waals surface area contributed by atoms with Gasteiger partial charge in [0.05, 0.1) is 12.2 Å². The number of rotatable bonds is 4. The van der Waals surface area contributed by atoms with Crippen molar-refractivity contribution in [2.45, 2.75) is 6.92 Å². The SMILES string of the molecule is Cc1cc(C(=O)NCC(=O)Nc2ccccc2)n(C)n1. The summed E-state index contributed by atoms with van der Waals surface area (Å²) in [5, 5.41) is 9.34. The van der Waals surface area contributed by atoms with E-state index in [0.717, 1.165) is 5.69 Å². The number of hydrogen-bond acceptors (Lipinski definition) is 3. The maximum atomic E-state index is 11.9. The number of amides is 2. The van der Waals surface area contributed by atoms with Crippen LogP contribution in [0.5, 0.6) is 0 Å². The van der Waals surface area contributed by atoms with Gasteiger partial charge in [-0.3, -0.25) is 14.3 Å². The maximum Gasteiger partial charge on any atom is 0.269 e. The van der Waals surface area contributed by atoms with Gasteiger partial charge in [-0.2, -0.15) is 5.10 Å². The predicted molar refractivity (Wildman–Crippen MR) is 75.3 cm³/mol. The third kappa shape index (κ3) is 3.44. The van der Waals surface area contributed by atoms with Crippen LogP contribution >= 0.6 is 0 Å². The van der Waals surface area contributed by atoms with E-state index in [2.05, 4.69) is 15.7 Å². The number of benzene rings is 1. The summed E-state index contributed by atoms with van der Waals surface area (Å²) in [5.74, 6) is -0.597. The quantitative estimate of drug-likeness (QED) is 0.875. The summed E-state index contributed by atoms with van der Waals surface area (Å²) in [6, 6.07) is 10.8. The van der Waals surface area contributed by atoms with Crippen molar-refractivity contribution in [1.82, 2.24) is 15.1 Å². The molecule has 0 radical (unpaired) electrons. The highest BCUT2D eigenvalue weighted by Crippen LogP contribution is 2.04. The van der Waals surface area contributed by atoms with Crippen LogP contribution in [0.4, 0.5) is 5.69 Å². The lowest BCUT2D eigenvalue weighted by Crippen LogP contribution is -2.33. The summed E-state index contributed by atoms with van der Waals surface area (Å²) in [7, 11) is 1.69. The molecule has 0 fully saturated rings. The van der Waals surface area contributed by atoms with E-state index in [4.69, 9.17) is 0 Å². The van der Waals surface area contributed by atoms with Crippen LogP contribution in [0.2, 0.25) is 0 Å². The Kier molecular flexibility index (Phi) is 4.14. The molecule has 0 spiro atoms. The van der Waals surface area contributed by atoms with Crippen LogP contribution in [0.15, 0.2) is 36.4 Å². The summed E-state index contributed by atoms with van der Waals surface area (Å²) < 4.78 is 1.49. The van der Waals surface area contributed by atoms with Crippen molar-refractivity contribution < 1.29 is 9.59 Å². The summed E-state index contributed by atoms with van der Waals surface area (Å²) in [6.45, 7) is 1.72. The molecule has 0 saturated heterocycles. The molecule has 1 aromatic heterocycles. The van der Waals surface area contributed by atoms with Crippen molar-refractivity contribution in [1.29, 1.82) is 0 Å². The Morgan fingerprint density at radius 2 is 1.95 bits per heavy atom. The lowest BCUT2D eigenvalue weighted by Gasteiger charge is -2.06. The number of carbonyl (C=O) groups excluding carboxylic acids is 2. The topological polar surface area (TPSA) is 76.0 Å².